The van der Waals surface area contributed by atoms with Gasteiger partial charge in [0.25, 0.3) is 0 Å². The summed E-state index contributed by atoms with van der Waals surface area (Å²) in [4.78, 5) is 80.4. The fraction of sp³-hybridized carbons (Fsp3) is 0.672. The second-order valence-electron chi connectivity index (χ2n) is 24.7. The molecule has 0 aromatic heterocycles. The summed E-state index contributed by atoms with van der Waals surface area (Å²) >= 11 is 0. The minimum absolute atomic E-state index is 0.137. The van der Waals surface area contributed by atoms with Gasteiger partial charge in [0.1, 0.15) is 116 Å². The van der Waals surface area contributed by atoms with Gasteiger partial charge >= 0.3 is 0 Å². The number of nitrogens with zero attached hydrogens (tertiary/aromatic N) is 3. The molecule has 2 aromatic carbocycles. The summed E-state index contributed by atoms with van der Waals surface area (Å²) in [5.41, 5.74) is 20.0. The van der Waals surface area contributed by atoms with E-state index in [1.54, 1.807) is 65.0 Å². The van der Waals surface area contributed by atoms with Crippen LogP contribution < -0.4 is 48.5 Å². The molecule has 0 aliphatic carbocycles. The lowest BCUT2D eigenvalue weighted by Gasteiger charge is -2.46. The van der Waals surface area contributed by atoms with Gasteiger partial charge in [0.15, 0.2) is 42.1 Å². The van der Waals surface area contributed by atoms with E-state index in [1.807, 2.05) is 0 Å². The molecule has 0 saturated carbocycles. The first-order valence-corrected chi connectivity index (χ1v) is 30.3. The number of hydrogen-bond acceptors (Lipinski definition) is 31. The zero-order valence-electron chi connectivity index (χ0n) is 51.4. The topological polar surface area (TPSA) is 537 Å². The average Bonchev–Trinajstić information content (AvgIpc) is 1.64. The van der Waals surface area contributed by atoms with E-state index in [0.29, 0.717) is 11.1 Å². The van der Waals surface area contributed by atoms with Crippen LogP contribution in [-0.2, 0) is 68.3 Å². The highest BCUT2D eigenvalue weighted by molar-refractivity contribution is 5.96. The van der Waals surface area contributed by atoms with Crippen LogP contribution >= 0.6 is 0 Å². The van der Waals surface area contributed by atoms with Crippen molar-refractivity contribution in [1.82, 2.24) is 31.5 Å². The molecule has 9 rings (SSSR count). The van der Waals surface area contributed by atoms with Crippen LogP contribution in [0.2, 0.25) is 0 Å². The standard InChI is InChI=1S/C58H85N11O24/c1-23(25-9-7-6-8-10-25)34(59)49(82)65-28(15-24-11-13-27(14-12-24)85-54-47-45(91-58(4,5)93-47)43(33(22-74)88-54)89-53-42(80)41(79)39(77)31(20-72)87-53)48(81)67-35(37(75)29-16-62-55(60)66-29)51(84)68-36(50(83)64-26(18-70)19-71)38(76)30-17-63-56(61)69(30)52-46-44(90-57(2,3)92-46)40(78)32(21-73)86-52/h6-14,18,23,26,28-47,52-54,71-80H,15-17,19-22,59H2,1-5H3,(H2,61,63)(H,64,83)(H,65,82)(H,67,81)(H,68,84)(H3,60,62,66)/t23?,26-,28+,29?,30?,31?,32?,33?,34+,35+,36+,37?,38?,39?,40?,41?,42?,43?,44?,45?,46?,47?,52?,53?,54?/m1/s1. The largest absolute Gasteiger partial charge is 0.462 e. The van der Waals surface area contributed by atoms with E-state index in [-0.39, 0.29) is 36.9 Å². The lowest BCUT2D eigenvalue weighted by atomic mass is 9.93. The van der Waals surface area contributed by atoms with E-state index in [9.17, 15) is 65.4 Å². The molecule has 93 heavy (non-hydrogen) atoms. The maximum absolute atomic E-state index is 15.1. The van der Waals surface area contributed by atoms with E-state index >= 15 is 9.59 Å². The van der Waals surface area contributed by atoms with Crippen LogP contribution in [0.3, 0.4) is 0 Å². The Morgan fingerprint density at radius 3 is 1.90 bits per heavy atom. The van der Waals surface area contributed by atoms with Gasteiger partial charge in [0.05, 0.1) is 57.6 Å². The van der Waals surface area contributed by atoms with Gasteiger partial charge < -0.3 is 147 Å². The van der Waals surface area contributed by atoms with Crippen LogP contribution in [0.25, 0.3) is 0 Å². The molecule has 7 aliphatic rings. The molecular weight excluding hydrogens is 1230 g/mol. The third kappa shape index (κ3) is 15.6. The zero-order chi connectivity index (χ0) is 67.5. The third-order valence-electron chi connectivity index (χ3n) is 17.3. The molecule has 21 N–H and O–H groups in total. The highest BCUT2D eigenvalue weighted by Crippen LogP contribution is 2.42. The van der Waals surface area contributed by atoms with E-state index in [1.165, 1.54) is 29.2 Å². The number of ether oxygens (including phenoxy) is 9. The molecule has 5 fully saturated rings. The van der Waals surface area contributed by atoms with Gasteiger partial charge in [-0.15, -0.1) is 0 Å². The summed E-state index contributed by atoms with van der Waals surface area (Å²) < 4.78 is 54.7. The molecule has 5 saturated heterocycles. The van der Waals surface area contributed by atoms with Crippen molar-refractivity contribution in [2.75, 3.05) is 39.5 Å². The number of aliphatic hydroxyl groups excluding tert-OH is 10. The lowest BCUT2D eigenvalue weighted by molar-refractivity contribution is -0.344. The lowest BCUT2D eigenvalue weighted by Crippen LogP contribution is -2.69. The van der Waals surface area contributed by atoms with Crippen molar-refractivity contribution in [2.24, 2.45) is 27.2 Å². The number of guanidine groups is 2. The Morgan fingerprint density at radius 1 is 0.688 bits per heavy atom. The van der Waals surface area contributed by atoms with Gasteiger partial charge in [-0.2, -0.15) is 0 Å². The number of rotatable bonds is 26. The number of carbonyl (C=O) groups is 5. The van der Waals surface area contributed by atoms with Crippen molar-refractivity contribution in [3.8, 4) is 5.75 Å². The van der Waals surface area contributed by atoms with Crippen LogP contribution in [0.5, 0.6) is 5.75 Å². The average molecular weight is 1320 g/mol. The molecule has 7 heterocycles. The maximum atomic E-state index is 15.1. The second kappa shape index (κ2) is 29.7. The zero-order valence-corrected chi connectivity index (χ0v) is 51.4. The summed E-state index contributed by atoms with van der Waals surface area (Å²) in [5.74, 6) is -8.08. The number of hydrogen-bond donors (Lipinski definition) is 18. The minimum atomic E-state index is -2.17. The number of nitrogens with one attached hydrogen (secondary N) is 5. The van der Waals surface area contributed by atoms with Crippen molar-refractivity contribution in [2.45, 2.75) is 205 Å². The molecule has 0 radical (unpaired) electrons. The van der Waals surface area contributed by atoms with Crippen molar-refractivity contribution < 1.29 is 118 Å². The number of benzene rings is 2. The van der Waals surface area contributed by atoms with Crippen molar-refractivity contribution in [3.05, 3.63) is 65.7 Å². The molecule has 0 spiro atoms. The molecule has 4 amide bonds. The highest BCUT2D eigenvalue weighted by atomic mass is 16.8. The summed E-state index contributed by atoms with van der Waals surface area (Å²) in [5, 5.41) is 121. The molecular formula is C58H85N11O24. The Hall–Kier alpha value is -6.43. The van der Waals surface area contributed by atoms with Crippen molar-refractivity contribution in [3.63, 3.8) is 0 Å². The Morgan fingerprint density at radius 2 is 1.28 bits per heavy atom. The number of aliphatic imine (C=N–C) groups is 2. The highest BCUT2D eigenvalue weighted by Gasteiger charge is 2.61. The predicted octanol–water partition coefficient (Wildman–Crippen LogP) is -9.10. The number of nitrogens with two attached hydrogens (primary N) is 3. The fourth-order valence-electron chi connectivity index (χ4n) is 12.3. The fourth-order valence-corrected chi connectivity index (χ4v) is 12.3. The van der Waals surface area contributed by atoms with Gasteiger partial charge in [0.2, 0.25) is 29.9 Å². The van der Waals surface area contributed by atoms with Crippen LogP contribution in [0.1, 0.15) is 51.7 Å². The molecule has 0 bridgehead atoms. The van der Waals surface area contributed by atoms with E-state index in [4.69, 9.17) is 59.8 Å². The Kier molecular flexibility index (Phi) is 22.6. The molecule has 25 atom stereocenters. The normalized spacial score (nSPS) is 34.5. The van der Waals surface area contributed by atoms with Crippen molar-refractivity contribution in [1.29, 1.82) is 0 Å². The van der Waals surface area contributed by atoms with Gasteiger partial charge in [-0.1, -0.05) is 49.4 Å². The van der Waals surface area contributed by atoms with Crippen LogP contribution in [-0.4, -0.2) is 295 Å². The van der Waals surface area contributed by atoms with Crippen LogP contribution in [0.15, 0.2) is 64.6 Å². The number of amides is 4. The molecule has 2 aromatic rings. The molecule has 35 heteroatoms. The first kappa shape index (κ1) is 70.9. The Balaban J connectivity index is 0.982. The quantitative estimate of drug-likeness (QED) is 0.0389. The number of aliphatic hydroxyl groups is 10. The first-order chi connectivity index (χ1) is 44.1. The number of aldehydes is 1. The molecule has 516 valence electrons. The van der Waals surface area contributed by atoms with Gasteiger partial charge in [-0.3, -0.25) is 29.2 Å². The minimum Gasteiger partial charge on any atom is -0.462 e. The number of fused-ring (bicyclic) bond motifs is 2. The number of carbonyl (C=O) groups excluding carboxylic acids is 5. The SMILES string of the molecule is CC(c1ccccc1)[C@H](N)C(=O)N[C@@H](Cc1ccc(OC2OC(CO)C(OC3OC(CO)C(O)C(O)C3O)C3OC(C)(C)OC23)cc1)C(=O)N[C@H](C(=O)N[C@H](C(=O)N[C@H](C=O)CO)C(O)C1CN=C(N)N1C1OC(CO)C(O)C2OC(C)(C)OC21)C(O)C1CN=C(N)N1. The van der Waals surface area contributed by atoms with E-state index in [0.717, 1.165) is 0 Å². The first-order valence-electron chi connectivity index (χ1n) is 30.3. The van der Waals surface area contributed by atoms with Crippen molar-refractivity contribution >= 4 is 41.8 Å². The van der Waals surface area contributed by atoms with Gasteiger partial charge in [-0.25, -0.2) is 0 Å². The third-order valence-corrected chi connectivity index (χ3v) is 17.3. The summed E-state index contributed by atoms with van der Waals surface area (Å²) in [6, 6.07) is 3.35. The smallest absolute Gasteiger partial charge is 0.246 e. The van der Waals surface area contributed by atoms with E-state index in [2.05, 4.69) is 36.6 Å². The monoisotopic (exact) mass is 1320 g/mol. The summed E-state index contributed by atoms with van der Waals surface area (Å²) in [7, 11) is 0. The van der Waals surface area contributed by atoms with Crippen LogP contribution in [0.4, 0.5) is 0 Å². The van der Waals surface area contributed by atoms with E-state index < -0.39 is 221 Å². The Bertz CT molecular complexity index is 2980. The van der Waals surface area contributed by atoms with Crippen LogP contribution in [0, 0.1) is 0 Å². The maximum Gasteiger partial charge on any atom is 0.246 e. The van der Waals surface area contributed by atoms with Gasteiger partial charge in [0, 0.05) is 12.3 Å². The van der Waals surface area contributed by atoms with Gasteiger partial charge in [-0.05, 0) is 51.0 Å². The summed E-state index contributed by atoms with van der Waals surface area (Å²) in [6.45, 7) is 4.28. The second-order valence-corrected chi connectivity index (χ2v) is 24.7. The molecule has 35 nitrogen and oxygen atoms in total. The molecule has 7 aliphatic heterocycles. The predicted molar refractivity (Wildman–Crippen MR) is 316 cm³/mol. The molecule has 20 unspecified atom stereocenters. The Labute approximate surface area is 532 Å². The summed E-state index contributed by atoms with van der Waals surface area (Å²) in [6.07, 6.45) is -24.9.